The van der Waals surface area contributed by atoms with Crippen LogP contribution in [0.2, 0.25) is 0 Å². The summed E-state index contributed by atoms with van der Waals surface area (Å²) in [6.45, 7) is 5.70. The summed E-state index contributed by atoms with van der Waals surface area (Å²) in [6, 6.07) is 25.3. The third kappa shape index (κ3) is 5.30. The molecule has 1 aromatic heterocycles. The molecule has 0 aliphatic rings. The lowest BCUT2D eigenvalue weighted by Crippen LogP contribution is -2.28. The van der Waals surface area contributed by atoms with Crippen molar-refractivity contribution < 1.29 is 5.11 Å². The molecule has 4 aromatic rings. The second kappa shape index (κ2) is 11.2. The Morgan fingerprint density at radius 3 is 2.50 bits per heavy atom. The molecule has 5 heteroatoms. The van der Waals surface area contributed by atoms with Crippen LogP contribution in [0, 0.1) is 18.3 Å². The minimum Gasteiger partial charge on any atom is -0.389 e. The number of aliphatic hydroxyl groups excluding tert-OH is 1. The molecule has 182 valence electrons. The van der Waals surface area contributed by atoms with Crippen LogP contribution >= 0.6 is 0 Å². The number of aryl methyl sites for hydroxylation is 2. The van der Waals surface area contributed by atoms with Crippen LogP contribution < -0.4 is 5.56 Å². The molecule has 1 heterocycles. The SMILES string of the molecule is CCCCc1nc(C)n(-c2cccc(C(C)O)c2)c(=O)c1Cc1ccc(-c2ccccc2C#N)cc1. The van der Waals surface area contributed by atoms with E-state index >= 15 is 0 Å². The Kier molecular flexibility index (Phi) is 7.77. The second-order valence-electron chi connectivity index (χ2n) is 9.13. The number of nitriles is 1. The summed E-state index contributed by atoms with van der Waals surface area (Å²) in [4.78, 5) is 18.7. The van der Waals surface area contributed by atoms with E-state index in [2.05, 4.69) is 13.0 Å². The normalized spacial score (nSPS) is 11.8. The van der Waals surface area contributed by atoms with E-state index in [1.165, 1.54) is 0 Å². The van der Waals surface area contributed by atoms with Gasteiger partial charge in [-0.05, 0) is 67.1 Å². The topological polar surface area (TPSA) is 78.9 Å². The molecule has 0 spiro atoms. The van der Waals surface area contributed by atoms with E-state index < -0.39 is 6.10 Å². The number of aromatic nitrogens is 2. The Bertz CT molecular complexity index is 1460. The number of hydrogen-bond donors (Lipinski definition) is 1. The molecule has 36 heavy (non-hydrogen) atoms. The van der Waals surface area contributed by atoms with Crippen LogP contribution in [0.5, 0.6) is 0 Å². The van der Waals surface area contributed by atoms with Gasteiger partial charge in [0.05, 0.1) is 29.1 Å². The van der Waals surface area contributed by atoms with E-state index in [9.17, 15) is 15.2 Å². The summed E-state index contributed by atoms with van der Waals surface area (Å²) < 4.78 is 1.65. The van der Waals surface area contributed by atoms with Crippen molar-refractivity contribution in [1.29, 1.82) is 5.26 Å². The summed E-state index contributed by atoms with van der Waals surface area (Å²) in [7, 11) is 0. The van der Waals surface area contributed by atoms with Crippen molar-refractivity contribution in [3.63, 3.8) is 0 Å². The van der Waals surface area contributed by atoms with Gasteiger partial charge >= 0.3 is 0 Å². The predicted octanol–water partition coefficient (Wildman–Crippen LogP) is 6.07. The van der Waals surface area contributed by atoms with E-state index in [4.69, 9.17) is 4.98 Å². The van der Waals surface area contributed by atoms with Crippen molar-refractivity contribution in [2.24, 2.45) is 0 Å². The first-order valence-electron chi connectivity index (χ1n) is 12.4. The first-order valence-corrected chi connectivity index (χ1v) is 12.4. The molecule has 0 fully saturated rings. The molecule has 0 radical (unpaired) electrons. The summed E-state index contributed by atoms with van der Waals surface area (Å²) in [5.41, 5.74) is 6.44. The summed E-state index contributed by atoms with van der Waals surface area (Å²) in [5.74, 6) is 0.640. The maximum Gasteiger partial charge on any atom is 0.261 e. The fraction of sp³-hybridized carbons (Fsp3) is 0.258. The van der Waals surface area contributed by atoms with Crippen LogP contribution in [0.25, 0.3) is 16.8 Å². The zero-order chi connectivity index (χ0) is 25.7. The van der Waals surface area contributed by atoms with Gasteiger partial charge in [-0.2, -0.15) is 5.26 Å². The van der Waals surface area contributed by atoms with E-state index in [0.717, 1.165) is 47.2 Å². The average Bonchev–Trinajstić information content (AvgIpc) is 2.89. The third-order valence-corrected chi connectivity index (χ3v) is 6.50. The average molecular weight is 478 g/mol. The number of rotatable bonds is 8. The van der Waals surface area contributed by atoms with Crippen molar-refractivity contribution in [2.45, 2.75) is 52.6 Å². The van der Waals surface area contributed by atoms with Gasteiger partial charge in [-0.3, -0.25) is 9.36 Å². The minimum absolute atomic E-state index is 0.0738. The van der Waals surface area contributed by atoms with Gasteiger partial charge in [0, 0.05) is 12.0 Å². The fourth-order valence-electron chi connectivity index (χ4n) is 4.51. The molecule has 0 aliphatic carbocycles. The van der Waals surface area contributed by atoms with Gasteiger partial charge in [0.2, 0.25) is 0 Å². The number of hydrogen-bond acceptors (Lipinski definition) is 4. The first kappa shape index (κ1) is 25.1. The molecule has 0 bridgehead atoms. The molecule has 1 N–H and O–H groups in total. The number of unbranched alkanes of at least 4 members (excludes halogenated alkanes) is 1. The van der Waals surface area contributed by atoms with Crippen LogP contribution in [0.4, 0.5) is 0 Å². The highest BCUT2D eigenvalue weighted by Crippen LogP contribution is 2.25. The third-order valence-electron chi connectivity index (χ3n) is 6.50. The number of benzene rings is 3. The smallest absolute Gasteiger partial charge is 0.261 e. The molecule has 5 nitrogen and oxygen atoms in total. The molecular formula is C31H31N3O2. The molecule has 0 aliphatic heterocycles. The summed E-state index contributed by atoms with van der Waals surface area (Å²) in [5, 5.41) is 19.5. The Hall–Kier alpha value is -4.01. The largest absolute Gasteiger partial charge is 0.389 e. The molecule has 0 saturated heterocycles. The standard InChI is InChI=1S/C31H31N3O2/c1-4-5-13-30-29(18-23-14-16-24(17-15-23)28-12-7-6-9-26(28)20-32)31(36)34(22(3)33-30)27-11-8-10-25(19-27)21(2)35/h6-12,14-17,19,21,35H,4-5,13,18H2,1-3H3. The minimum atomic E-state index is -0.623. The Labute approximate surface area is 212 Å². The van der Waals surface area contributed by atoms with Crippen LogP contribution in [-0.4, -0.2) is 14.7 Å². The van der Waals surface area contributed by atoms with Crippen LogP contribution in [-0.2, 0) is 12.8 Å². The maximum atomic E-state index is 13.9. The molecule has 3 aromatic carbocycles. The Morgan fingerprint density at radius 2 is 1.81 bits per heavy atom. The fourth-order valence-corrected chi connectivity index (χ4v) is 4.51. The first-order chi connectivity index (χ1) is 17.4. The predicted molar refractivity (Wildman–Crippen MR) is 143 cm³/mol. The Balaban J connectivity index is 1.76. The highest BCUT2D eigenvalue weighted by atomic mass is 16.3. The van der Waals surface area contributed by atoms with Crippen molar-refractivity contribution in [1.82, 2.24) is 9.55 Å². The van der Waals surface area contributed by atoms with Gasteiger partial charge in [-0.15, -0.1) is 0 Å². The van der Waals surface area contributed by atoms with Gasteiger partial charge in [0.1, 0.15) is 5.82 Å². The van der Waals surface area contributed by atoms with Crippen LogP contribution in [0.1, 0.15) is 66.6 Å². The molecular weight excluding hydrogens is 446 g/mol. The second-order valence-corrected chi connectivity index (χ2v) is 9.13. The number of nitrogens with zero attached hydrogens (tertiary/aromatic N) is 3. The van der Waals surface area contributed by atoms with Gasteiger partial charge < -0.3 is 5.11 Å². The molecule has 1 unspecified atom stereocenters. The zero-order valence-corrected chi connectivity index (χ0v) is 21.0. The highest BCUT2D eigenvalue weighted by Gasteiger charge is 2.17. The Morgan fingerprint density at radius 1 is 1.06 bits per heavy atom. The molecule has 0 saturated carbocycles. The highest BCUT2D eigenvalue weighted by molar-refractivity contribution is 5.70. The van der Waals surface area contributed by atoms with Gasteiger partial charge in [0.25, 0.3) is 5.56 Å². The van der Waals surface area contributed by atoms with E-state index in [0.29, 0.717) is 29.1 Å². The van der Waals surface area contributed by atoms with Gasteiger partial charge in [-0.25, -0.2) is 4.98 Å². The van der Waals surface area contributed by atoms with E-state index in [1.54, 1.807) is 11.5 Å². The zero-order valence-electron chi connectivity index (χ0n) is 21.0. The van der Waals surface area contributed by atoms with Crippen molar-refractivity contribution in [3.05, 3.63) is 117 Å². The monoisotopic (exact) mass is 477 g/mol. The quantitative estimate of drug-likeness (QED) is 0.334. The molecule has 1 atom stereocenters. The summed E-state index contributed by atoms with van der Waals surface area (Å²) >= 11 is 0. The van der Waals surface area contributed by atoms with Crippen molar-refractivity contribution in [2.75, 3.05) is 0 Å². The lowest BCUT2D eigenvalue weighted by Gasteiger charge is -2.17. The van der Waals surface area contributed by atoms with Crippen LogP contribution in [0.3, 0.4) is 0 Å². The lowest BCUT2D eigenvalue weighted by molar-refractivity contribution is 0.199. The summed E-state index contributed by atoms with van der Waals surface area (Å²) in [6.07, 6.45) is 2.59. The van der Waals surface area contributed by atoms with Gasteiger partial charge in [-0.1, -0.05) is 67.9 Å². The van der Waals surface area contributed by atoms with Gasteiger partial charge in [0.15, 0.2) is 0 Å². The van der Waals surface area contributed by atoms with E-state index in [-0.39, 0.29) is 5.56 Å². The molecule has 0 amide bonds. The van der Waals surface area contributed by atoms with E-state index in [1.807, 2.05) is 79.7 Å². The van der Waals surface area contributed by atoms with Crippen molar-refractivity contribution >= 4 is 0 Å². The lowest BCUT2D eigenvalue weighted by atomic mass is 9.96. The van der Waals surface area contributed by atoms with Crippen molar-refractivity contribution in [3.8, 4) is 22.9 Å². The number of aliphatic hydroxyl groups is 1. The molecule has 4 rings (SSSR count). The van der Waals surface area contributed by atoms with Crippen LogP contribution in [0.15, 0.2) is 77.6 Å². The maximum absolute atomic E-state index is 13.9.